The van der Waals surface area contributed by atoms with E-state index in [1.54, 1.807) is 6.92 Å². The number of halogens is 1. The second-order valence-electron chi connectivity index (χ2n) is 3.93. The molecule has 0 bridgehead atoms. The van der Waals surface area contributed by atoms with Crippen molar-refractivity contribution in [1.29, 1.82) is 0 Å². The van der Waals surface area contributed by atoms with Crippen LogP contribution in [0, 0.1) is 6.92 Å². The van der Waals surface area contributed by atoms with Crippen molar-refractivity contribution in [2.75, 3.05) is 5.32 Å². The fourth-order valence-corrected chi connectivity index (χ4v) is 1.70. The highest BCUT2D eigenvalue weighted by Gasteiger charge is 2.11. The lowest BCUT2D eigenvalue weighted by Gasteiger charge is -2.10. The zero-order chi connectivity index (χ0) is 12.4. The molecule has 0 aliphatic heterocycles. The second-order valence-corrected chi connectivity index (χ2v) is 4.59. The number of nitrogens with one attached hydrogen (secondary N) is 1. The molecule has 4 heteroatoms. The first-order chi connectivity index (χ1) is 8.08. The Morgan fingerprint density at radius 1 is 1.41 bits per heavy atom. The van der Waals surface area contributed by atoms with E-state index in [1.165, 1.54) is 0 Å². The molecule has 1 heterocycles. The number of hydrogen-bond acceptors (Lipinski definition) is 2. The van der Waals surface area contributed by atoms with Gasteiger partial charge in [-0.25, -0.2) is 0 Å². The summed E-state index contributed by atoms with van der Waals surface area (Å²) < 4.78 is 0. The van der Waals surface area contributed by atoms with Gasteiger partial charge in [0.1, 0.15) is 5.38 Å². The second kappa shape index (κ2) is 4.72. The maximum Gasteiger partial charge on any atom is 0.242 e. The molecule has 1 atom stereocenters. The number of aryl methyl sites for hydroxylation is 1. The van der Waals surface area contributed by atoms with Crippen molar-refractivity contribution in [3.63, 3.8) is 0 Å². The number of nitrogens with zero attached hydrogens (tertiary/aromatic N) is 1. The number of aromatic nitrogens is 1. The summed E-state index contributed by atoms with van der Waals surface area (Å²) in [5, 5.41) is 3.18. The summed E-state index contributed by atoms with van der Waals surface area (Å²) in [5.41, 5.74) is 2.48. The van der Waals surface area contributed by atoms with Crippen LogP contribution in [0.15, 0.2) is 30.3 Å². The van der Waals surface area contributed by atoms with E-state index in [0.717, 1.165) is 22.3 Å². The van der Waals surface area contributed by atoms with Gasteiger partial charge in [-0.1, -0.05) is 18.2 Å². The van der Waals surface area contributed by atoms with Gasteiger partial charge < -0.3 is 5.32 Å². The molecule has 0 saturated carbocycles. The van der Waals surface area contributed by atoms with Crippen LogP contribution in [0.4, 0.5) is 5.69 Å². The Kier molecular flexibility index (Phi) is 3.29. The van der Waals surface area contributed by atoms with Crippen molar-refractivity contribution in [3.8, 4) is 0 Å². The van der Waals surface area contributed by atoms with Gasteiger partial charge in [0.15, 0.2) is 0 Å². The van der Waals surface area contributed by atoms with Crippen LogP contribution >= 0.6 is 11.6 Å². The zero-order valence-electron chi connectivity index (χ0n) is 9.70. The number of hydrogen-bond donors (Lipinski definition) is 1. The van der Waals surface area contributed by atoms with E-state index in [4.69, 9.17) is 11.6 Å². The van der Waals surface area contributed by atoms with Crippen molar-refractivity contribution in [1.82, 2.24) is 4.98 Å². The van der Waals surface area contributed by atoms with Crippen molar-refractivity contribution in [3.05, 3.63) is 36.0 Å². The van der Waals surface area contributed by atoms with Crippen LogP contribution in [0.25, 0.3) is 10.9 Å². The molecule has 0 aliphatic rings. The van der Waals surface area contributed by atoms with Crippen molar-refractivity contribution in [2.24, 2.45) is 0 Å². The van der Waals surface area contributed by atoms with Gasteiger partial charge in [0.2, 0.25) is 5.91 Å². The molecule has 2 aromatic rings. The van der Waals surface area contributed by atoms with Gasteiger partial charge in [-0.2, -0.15) is 0 Å². The van der Waals surface area contributed by atoms with E-state index in [9.17, 15) is 4.79 Å². The summed E-state index contributed by atoms with van der Waals surface area (Å²) in [5.74, 6) is -0.206. The fourth-order valence-electron chi connectivity index (χ4n) is 1.64. The molecule has 3 nitrogen and oxygen atoms in total. The van der Waals surface area contributed by atoms with Crippen LogP contribution in [0.5, 0.6) is 0 Å². The number of carbonyl (C=O) groups is 1. The fraction of sp³-hybridized carbons (Fsp3) is 0.231. The minimum Gasteiger partial charge on any atom is -0.324 e. The highest BCUT2D eigenvalue weighted by atomic mass is 35.5. The van der Waals surface area contributed by atoms with E-state index in [0.29, 0.717) is 0 Å². The lowest BCUT2D eigenvalue weighted by molar-refractivity contribution is -0.115. The highest BCUT2D eigenvalue weighted by Crippen LogP contribution is 2.23. The van der Waals surface area contributed by atoms with E-state index in [2.05, 4.69) is 10.3 Å². The Morgan fingerprint density at radius 3 is 2.82 bits per heavy atom. The Labute approximate surface area is 105 Å². The van der Waals surface area contributed by atoms with Crippen LogP contribution in [0.3, 0.4) is 0 Å². The van der Waals surface area contributed by atoms with Crippen LogP contribution in [0.2, 0.25) is 0 Å². The van der Waals surface area contributed by atoms with Gasteiger partial charge in [0, 0.05) is 11.1 Å². The third kappa shape index (κ3) is 2.56. The van der Waals surface area contributed by atoms with Crippen LogP contribution in [0.1, 0.15) is 12.6 Å². The third-order valence-electron chi connectivity index (χ3n) is 2.46. The lowest BCUT2D eigenvalue weighted by Crippen LogP contribution is -2.20. The van der Waals surface area contributed by atoms with Gasteiger partial charge >= 0.3 is 0 Å². The number of amides is 1. The maximum atomic E-state index is 11.6. The number of para-hydroxylation sites is 1. The molecular formula is C13H13ClN2O. The topological polar surface area (TPSA) is 42.0 Å². The van der Waals surface area contributed by atoms with Crippen LogP contribution in [-0.4, -0.2) is 16.3 Å². The molecule has 0 fully saturated rings. The molecule has 1 unspecified atom stereocenters. The Balaban J connectivity index is 2.49. The molecule has 2 rings (SSSR count). The van der Waals surface area contributed by atoms with Gasteiger partial charge in [-0.15, -0.1) is 11.6 Å². The number of fused-ring (bicyclic) bond motifs is 1. The summed E-state index contributed by atoms with van der Waals surface area (Å²) in [7, 11) is 0. The highest BCUT2D eigenvalue weighted by molar-refractivity contribution is 6.32. The molecule has 1 aromatic heterocycles. The SMILES string of the molecule is Cc1cc(NC(=O)C(C)Cl)c2ccccc2n1. The molecule has 0 spiro atoms. The average Bonchev–Trinajstić information content (AvgIpc) is 2.28. The van der Waals surface area contributed by atoms with Gasteiger partial charge in [0.05, 0.1) is 11.2 Å². The van der Waals surface area contributed by atoms with E-state index < -0.39 is 5.38 Å². The summed E-state index contributed by atoms with van der Waals surface area (Å²) in [6.45, 7) is 3.54. The predicted molar refractivity (Wildman–Crippen MR) is 70.4 cm³/mol. The molecule has 0 aliphatic carbocycles. The monoisotopic (exact) mass is 248 g/mol. The summed E-state index contributed by atoms with van der Waals surface area (Å²) in [6, 6.07) is 9.53. The summed E-state index contributed by atoms with van der Waals surface area (Å²) >= 11 is 5.74. The molecule has 0 saturated heterocycles. The Bertz CT molecular complexity index is 566. The maximum absolute atomic E-state index is 11.6. The third-order valence-corrected chi connectivity index (χ3v) is 2.66. The van der Waals surface area contributed by atoms with Crippen molar-refractivity contribution < 1.29 is 4.79 Å². The molecule has 0 radical (unpaired) electrons. The van der Waals surface area contributed by atoms with E-state index in [-0.39, 0.29) is 5.91 Å². The standard InChI is InChI=1S/C13H13ClN2O/c1-8-7-12(16-13(17)9(2)14)10-5-3-4-6-11(10)15-8/h3-7,9H,1-2H3,(H,15,16,17). The number of benzene rings is 1. The largest absolute Gasteiger partial charge is 0.324 e. The van der Waals surface area contributed by atoms with Crippen molar-refractivity contribution in [2.45, 2.75) is 19.2 Å². The Hall–Kier alpha value is -1.61. The van der Waals surface area contributed by atoms with Crippen molar-refractivity contribution >= 4 is 34.1 Å². The minimum absolute atomic E-state index is 0.206. The molecule has 17 heavy (non-hydrogen) atoms. The first-order valence-electron chi connectivity index (χ1n) is 5.39. The van der Waals surface area contributed by atoms with Crippen LogP contribution < -0.4 is 5.32 Å². The van der Waals surface area contributed by atoms with Crippen LogP contribution in [-0.2, 0) is 4.79 Å². The molecular weight excluding hydrogens is 236 g/mol. The van der Waals surface area contributed by atoms with E-state index in [1.807, 2.05) is 37.3 Å². The van der Waals surface area contributed by atoms with Gasteiger partial charge in [-0.3, -0.25) is 9.78 Å². The quantitative estimate of drug-likeness (QED) is 0.830. The lowest BCUT2D eigenvalue weighted by atomic mass is 10.1. The summed E-state index contributed by atoms with van der Waals surface area (Å²) in [6.07, 6.45) is 0. The number of anilines is 1. The first kappa shape index (κ1) is 11.9. The number of carbonyl (C=O) groups excluding carboxylic acids is 1. The zero-order valence-corrected chi connectivity index (χ0v) is 10.5. The number of pyridine rings is 1. The van der Waals surface area contributed by atoms with E-state index >= 15 is 0 Å². The molecule has 88 valence electrons. The number of alkyl halides is 1. The van der Waals surface area contributed by atoms with Gasteiger partial charge in [-0.05, 0) is 26.0 Å². The summed E-state index contributed by atoms with van der Waals surface area (Å²) in [4.78, 5) is 16.0. The minimum atomic E-state index is -0.553. The predicted octanol–water partition coefficient (Wildman–Crippen LogP) is 3.11. The van der Waals surface area contributed by atoms with Gasteiger partial charge in [0.25, 0.3) is 0 Å². The average molecular weight is 249 g/mol. The molecule has 1 aromatic carbocycles. The molecule has 1 amide bonds. The molecule has 1 N–H and O–H groups in total. The number of rotatable bonds is 2. The Morgan fingerprint density at radius 2 is 2.12 bits per heavy atom. The smallest absolute Gasteiger partial charge is 0.242 e. The first-order valence-corrected chi connectivity index (χ1v) is 5.83. The normalized spacial score (nSPS) is 12.4.